The maximum absolute atomic E-state index is 14.2. The molecule has 0 N–H and O–H groups in total. The molecule has 10 atom stereocenters. The van der Waals surface area contributed by atoms with Gasteiger partial charge in [0.1, 0.15) is 23.6 Å². The number of fused-ring (bicyclic) bond motifs is 3. The van der Waals surface area contributed by atoms with Crippen LogP contribution in [0.4, 0.5) is 0 Å². The third kappa shape index (κ3) is 4.17. The van der Waals surface area contributed by atoms with Gasteiger partial charge < -0.3 is 23.4 Å². The average molecular weight is 601 g/mol. The van der Waals surface area contributed by atoms with Gasteiger partial charge in [0.15, 0.2) is 18.0 Å². The van der Waals surface area contributed by atoms with Gasteiger partial charge in [-0.2, -0.15) is 0 Å². The quantitative estimate of drug-likeness (QED) is 0.186. The highest BCUT2D eigenvalue weighted by Crippen LogP contribution is 2.69. The standard InChI is InChI=1S/C32H40O11/c1-8-18(35)22-24-30(5,26(41-16(2)34)17-10-12-40-14-17)11-9-19(32(24,15-33)43-27(22)37)31(6)20(36)13-21-29(3,4)25(31)23(42-21)28(38)39-7/h10,12,14-15,19,21-26H,8-9,11,13H2,1-7H3/t19-,21+,22+,23+,24-,25+,26+,30-,31+,32-/m1/s1. The average Bonchev–Trinajstić information content (AvgIpc) is 3.64. The lowest BCUT2D eigenvalue weighted by Crippen LogP contribution is -2.67. The minimum absolute atomic E-state index is 0.00167. The van der Waals surface area contributed by atoms with Gasteiger partial charge in [0.2, 0.25) is 0 Å². The highest BCUT2D eigenvalue weighted by Gasteiger charge is 2.77. The van der Waals surface area contributed by atoms with Crippen molar-refractivity contribution < 1.29 is 52.1 Å². The van der Waals surface area contributed by atoms with Gasteiger partial charge >= 0.3 is 17.9 Å². The third-order valence-electron chi connectivity index (χ3n) is 11.2. The van der Waals surface area contributed by atoms with E-state index < -0.39 is 87.5 Å². The summed E-state index contributed by atoms with van der Waals surface area (Å²) in [5.41, 5.74) is -4.68. The summed E-state index contributed by atoms with van der Waals surface area (Å²) in [5.74, 6) is -6.78. The zero-order valence-corrected chi connectivity index (χ0v) is 25.7. The monoisotopic (exact) mass is 600 g/mol. The lowest BCUT2D eigenvalue weighted by atomic mass is 9.42. The summed E-state index contributed by atoms with van der Waals surface area (Å²) in [5, 5.41) is 0. The number of hydrogen-bond donors (Lipinski definition) is 0. The number of ether oxygens (including phenoxy) is 4. The third-order valence-corrected chi connectivity index (χ3v) is 11.2. The van der Waals surface area contributed by atoms with E-state index in [2.05, 4.69) is 0 Å². The molecule has 234 valence electrons. The number of carbonyl (C=O) groups is 6. The number of furan rings is 1. The van der Waals surface area contributed by atoms with Gasteiger partial charge in [0, 0.05) is 53.9 Å². The van der Waals surface area contributed by atoms with E-state index in [4.69, 9.17) is 23.4 Å². The van der Waals surface area contributed by atoms with E-state index >= 15 is 0 Å². The Morgan fingerprint density at radius 3 is 2.40 bits per heavy atom. The Hall–Kier alpha value is -3.34. The molecule has 2 bridgehead atoms. The molecule has 11 nitrogen and oxygen atoms in total. The molecule has 2 aliphatic carbocycles. The zero-order chi connectivity index (χ0) is 31.7. The first-order chi connectivity index (χ1) is 20.1. The van der Waals surface area contributed by atoms with Crippen LogP contribution in [0.25, 0.3) is 0 Å². The summed E-state index contributed by atoms with van der Waals surface area (Å²) in [6, 6.07) is 1.63. The fourth-order valence-electron chi connectivity index (χ4n) is 9.37. The van der Waals surface area contributed by atoms with Crippen molar-refractivity contribution in [2.75, 3.05) is 7.11 Å². The fourth-order valence-corrected chi connectivity index (χ4v) is 9.37. The number of aldehydes is 1. The first kappa shape index (κ1) is 31.1. The van der Waals surface area contributed by atoms with Crippen LogP contribution in [0.1, 0.15) is 78.9 Å². The van der Waals surface area contributed by atoms with Gasteiger partial charge in [-0.15, -0.1) is 0 Å². The largest absolute Gasteiger partial charge is 0.472 e. The Morgan fingerprint density at radius 2 is 1.84 bits per heavy atom. The SMILES string of the molecule is CCC(=O)[C@@H]1C(=O)O[C@@]2(C=O)[C@H]1[C@](C)([C@@H](OC(C)=O)c1ccoc1)CC[C@@H]2[C@@]1(C)C(=O)C[C@@H]2O[C@H](C(=O)OC)[C@H]1C2(C)C. The molecule has 1 aromatic rings. The van der Waals surface area contributed by atoms with Crippen LogP contribution in [-0.2, 0) is 47.7 Å². The van der Waals surface area contributed by atoms with E-state index in [1.165, 1.54) is 26.6 Å². The molecular weight excluding hydrogens is 560 g/mol. The van der Waals surface area contributed by atoms with E-state index in [9.17, 15) is 28.8 Å². The minimum Gasteiger partial charge on any atom is -0.472 e. The molecule has 43 heavy (non-hydrogen) atoms. The van der Waals surface area contributed by atoms with Gasteiger partial charge in [-0.3, -0.25) is 24.0 Å². The van der Waals surface area contributed by atoms with Crippen LogP contribution in [0.15, 0.2) is 23.0 Å². The topological polar surface area (TPSA) is 152 Å². The Kier molecular flexibility index (Phi) is 7.51. The van der Waals surface area contributed by atoms with E-state index in [-0.39, 0.29) is 31.5 Å². The number of methoxy groups -OCH3 is 1. The summed E-state index contributed by atoms with van der Waals surface area (Å²) in [4.78, 5) is 80.5. The summed E-state index contributed by atoms with van der Waals surface area (Å²) < 4.78 is 28.5. The molecule has 2 saturated carbocycles. The Morgan fingerprint density at radius 1 is 1.14 bits per heavy atom. The van der Waals surface area contributed by atoms with Gasteiger partial charge in [-0.05, 0) is 24.3 Å². The molecule has 11 heteroatoms. The highest BCUT2D eigenvalue weighted by molar-refractivity contribution is 6.03. The van der Waals surface area contributed by atoms with Crippen LogP contribution < -0.4 is 0 Å². The molecule has 2 aliphatic heterocycles. The zero-order valence-electron chi connectivity index (χ0n) is 25.7. The number of hydrogen-bond acceptors (Lipinski definition) is 11. The van der Waals surface area contributed by atoms with Crippen LogP contribution >= 0.6 is 0 Å². The minimum atomic E-state index is -1.95. The number of carbonyl (C=O) groups excluding carboxylic acids is 6. The first-order valence-corrected chi connectivity index (χ1v) is 14.8. The molecule has 3 heterocycles. The van der Waals surface area contributed by atoms with Crippen molar-refractivity contribution in [2.45, 2.75) is 91.1 Å². The molecular formula is C32H40O11. The van der Waals surface area contributed by atoms with Crippen LogP contribution in [0, 0.1) is 39.9 Å². The molecule has 0 amide bonds. The molecule has 0 radical (unpaired) electrons. The van der Waals surface area contributed by atoms with Crippen molar-refractivity contribution in [3.05, 3.63) is 24.2 Å². The molecule has 4 aliphatic rings. The Balaban J connectivity index is 1.74. The predicted octanol–water partition coefficient (Wildman–Crippen LogP) is 3.57. The van der Waals surface area contributed by atoms with Gasteiger partial charge in [0.25, 0.3) is 0 Å². The highest BCUT2D eigenvalue weighted by atomic mass is 16.6. The Bertz CT molecular complexity index is 1350. The molecule has 1 aromatic heterocycles. The van der Waals surface area contributed by atoms with E-state index in [1.807, 2.05) is 13.8 Å². The van der Waals surface area contributed by atoms with Crippen molar-refractivity contribution in [1.82, 2.24) is 0 Å². The molecule has 0 unspecified atom stereocenters. The van der Waals surface area contributed by atoms with Crippen LogP contribution in [0.5, 0.6) is 0 Å². The van der Waals surface area contributed by atoms with Crippen LogP contribution in [-0.4, -0.2) is 60.7 Å². The van der Waals surface area contributed by atoms with E-state index in [1.54, 1.807) is 26.8 Å². The number of Topliss-reactive ketones (excluding diaryl/α,β-unsaturated/α-hetero) is 2. The molecule has 0 spiro atoms. The van der Waals surface area contributed by atoms with Crippen molar-refractivity contribution in [3.8, 4) is 0 Å². The Labute approximate surface area is 250 Å². The summed E-state index contributed by atoms with van der Waals surface area (Å²) in [7, 11) is 1.25. The summed E-state index contributed by atoms with van der Waals surface area (Å²) >= 11 is 0. The first-order valence-electron chi connectivity index (χ1n) is 14.8. The smallest absolute Gasteiger partial charge is 0.335 e. The van der Waals surface area contributed by atoms with E-state index in [0.29, 0.717) is 11.8 Å². The number of rotatable bonds is 8. The second-order valence-electron chi connectivity index (χ2n) is 13.6. The van der Waals surface area contributed by atoms with E-state index in [0.717, 1.165) is 0 Å². The fraction of sp³-hybridized carbons (Fsp3) is 0.688. The number of ketones is 2. The molecule has 4 fully saturated rings. The second kappa shape index (κ2) is 10.4. The van der Waals surface area contributed by atoms with Gasteiger partial charge in [-0.25, -0.2) is 4.79 Å². The lowest BCUT2D eigenvalue weighted by molar-refractivity contribution is -0.208. The van der Waals surface area contributed by atoms with Crippen LogP contribution in [0.3, 0.4) is 0 Å². The van der Waals surface area contributed by atoms with Crippen molar-refractivity contribution in [1.29, 1.82) is 0 Å². The van der Waals surface area contributed by atoms with Crippen molar-refractivity contribution in [3.63, 3.8) is 0 Å². The molecule has 2 saturated heterocycles. The maximum atomic E-state index is 14.2. The van der Waals surface area contributed by atoms with Gasteiger partial charge in [0.05, 0.1) is 25.7 Å². The van der Waals surface area contributed by atoms with Gasteiger partial charge in [-0.1, -0.05) is 34.6 Å². The van der Waals surface area contributed by atoms with Crippen molar-refractivity contribution in [2.24, 2.45) is 39.9 Å². The predicted molar refractivity (Wildman–Crippen MR) is 147 cm³/mol. The summed E-state index contributed by atoms with van der Waals surface area (Å²) in [6.45, 7) is 10.2. The van der Waals surface area contributed by atoms with Crippen LogP contribution in [0.2, 0.25) is 0 Å². The second-order valence-corrected chi connectivity index (χ2v) is 13.6. The normalized spacial score (nSPS) is 40.3. The lowest BCUT2D eigenvalue weighted by Gasteiger charge is -2.60. The van der Waals surface area contributed by atoms with Crippen molar-refractivity contribution >= 4 is 35.8 Å². The maximum Gasteiger partial charge on any atom is 0.335 e. The molecule has 5 rings (SSSR count). The summed E-state index contributed by atoms with van der Waals surface area (Å²) in [6.07, 6.45) is 1.23. The number of esters is 3. The molecule has 0 aromatic carbocycles.